The van der Waals surface area contributed by atoms with Crippen LogP contribution in [0.25, 0.3) is 0 Å². The highest BCUT2D eigenvalue weighted by atomic mass is 79.9. The molecule has 0 saturated heterocycles. The van der Waals surface area contributed by atoms with Crippen molar-refractivity contribution in [2.24, 2.45) is 5.10 Å². The molecule has 32 heavy (non-hydrogen) atoms. The number of nitrogens with zero attached hydrogens (tertiary/aromatic N) is 3. The van der Waals surface area contributed by atoms with E-state index in [1.807, 2.05) is 19.9 Å². The van der Waals surface area contributed by atoms with E-state index in [9.17, 15) is 20.2 Å². The Kier molecular flexibility index (Phi) is 7.16. The number of non-ortho nitro benzene ring substituents is 1. The van der Waals surface area contributed by atoms with Crippen LogP contribution in [0.15, 0.2) is 64.2 Å². The van der Waals surface area contributed by atoms with Crippen molar-refractivity contribution in [3.63, 3.8) is 0 Å². The average molecular weight is 499 g/mol. The lowest BCUT2D eigenvalue weighted by atomic mass is 10.1. The number of rotatable bonds is 8. The van der Waals surface area contributed by atoms with Gasteiger partial charge in [0.05, 0.1) is 22.1 Å². The van der Waals surface area contributed by atoms with Crippen LogP contribution in [0.2, 0.25) is 0 Å². The van der Waals surface area contributed by atoms with Gasteiger partial charge in [0.2, 0.25) is 0 Å². The molecule has 0 unspecified atom stereocenters. The van der Waals surface area contributed by atoms with Crippen LogP contribution in [0.4, 0.5) is 17.1 Å². The van der Waals surface area contributed by atoms with Gasteiger partial charge in [0.1, 0.15) is 18.0 Å². The van der Waals surface area contributed by atoms with Crippen molar-refractivity contribution in [2.45, 2.75) is 20.5 Å². The monoisotopic (exact) mass is 498 g/mol. The van der Waals surface area contributed by atoms with Crippen LogP contribution in [0.1, 0.15) is 22.3 Å². The van der Waals surface area contributed by atoms with Gasteiger partial charge in [-0.1, -0.05) is 45.3 Å². The molecule has 0 bridgehead atoms. The van der Waals surface area contributed by atoms with Gasteiger partial charge in [-0.05, 0) is 43.7 Å². The lowest BCUT2D eigenvalue weighted by Crippen LogP contribution is -2.01. The molecule has 0 fully saturated rings. The summed E-state index contributed by atoms with van der Waals surface area (Å²) in [6.45, 7) is 4.42. The molecule has 0 atom stereocenters. The van der Waals surface area contributed by atoms with Crippen LogP contribution in [0.3, 0.4) is 0 Å². The van der Waals surface area contributed by atoms with Crippen molar-refractivity contribution in [2.75, 3.05) is 5.43 Å². The van der Waals surface area contributed by atoms with Crippen LogP contribution in [0, 0.1) is 34.1 Å². The Labute approximate surface area is 192 Å². The number of halogens is 1. The van der Waals surface area contributed by atoms with Gasteiger partial charge in [0.15, 0.2) is 0 Å². The van der Waals surface area contributed by atoms with Gasteiger partial charge in [0.25, 0.3) is 5.69 Å². The zero-order chi connectivity index (χ0) is 23.3. The first kappa shape index (κ1) is 22.9. The summed E-state index contributed by atoms with van der Waals surface area (Å²) in [5, 5.41) is 26.2. The van der Waals surface area contributed by atoms with E-state index in [-0.39, 0.29) is 11.4 Å². The van der Waals surface area contributed by atoms with Gasteiger partial charge < -0.3 is 4.74 Å². The minimum absolute atomic E-state index is 0.0320. The standard InChI is InChI=1S/C22H19BrN4O5/c1-14-7-15(2)9-16(8-14)13-32-22-6-3-18(23)10-17(22)12-24-25-20-5-4-19(26(28)29)11-21(20)27(30)31/h3-12,25H,13H2,1-2H3/b24-12+. The molecule has 0 aliphatic heterocycles. The molecule has 164 valence electrons. The van der Waals surface area contributed by atoms with Crippen LogP contribution in [-0.2, 0) is 6.61 Å². The average Bonchev–Trinajstić information content (AvgIpc) is 2.72. The molecule has 0 amide bonds. The molecule has 0 heterocycles. The van der Waals surface area contributed by atoms with Crippen molar-refractivity contribution < 1.29 is 14.6 Å². The lowest BCUT2D eigenvalue weighted by Gasteiger charge is -2.11. The third-order valence-electron chi connectivity index (χ3n) is 4.43. The normalized spacial score (nSPS) is 10.8. The molecular formula is C22H19BrN4O5. The molecule has 0 saturated carbocycles. The van der Waals surface area contributed by atoms with Gasteiger partial charge in [0, 0.05) is 16.1 Å². The van der Waals surface area contributed by atoms with Crippen LogP contribution < -0.4 is 10.2 Å². The number of nitro benzene ring substituents is 2. The molecule has 3 aromatic rings. The van der Waals surface area contributed by atoms with Gasteiger partial charge in [-0.3, -0.25) is 25.7 Å². The summed E-state index contributed by atoms with van der Waals surface area (Å²) in [6.07, 6.45) is 1.47. The van der Waals surface area contributed by atoms with Gasteiger partial charge >= 0.3 is 5.69 Å². The number of hydrogen-bond acceptors (Lipinski definition) is 7. The smallest absolute Gasteiger partial charge is 0.301 e. The van der Waals surface area contributed by atoms with Crippen molar-refractivity contribution in [3.05, 3.63) is 102 Å². The van der Waals surface area contributed by atoms with Gasteiger partial charge in [-0.25, -0.2) is 0 Å². The number of ether oxygens (including phenoxy) is 1. The maximum atomic E-state index is 11.3. The van der Waals surface area contributed by atoms with Crippen molar-refractivity contribution in [3.8, 4) is 5.75 Å². The van der Waals surface area contributed by atoms with Gasteiger partial charge in [-0.15, -0.1) is 0 Å². The van der Waals surface area contributed by atoms with Crippen molar-refractivity contribution >= 4 is 39.2 Å². The minimum atomic E-state index is -0.706. The second-order valence-corrected chi connectivity index (χ2v) is 7.97. The van der Waals surface area contributed by atoms with E-state index in [1.165, 1.54) is 18.3 Å². The van der Waals surface area contributed by atoms with Crippen molar-refractivity contribution in [1.29, 1.82) is 0 Å². The Morgan fingerprint density at radius 1 is 1.00 bits per heavy atom. The second kappa shape index (κ2) is 10.0. The first-order valence-electron chi connectivity index (χ1n) is 9.44. The fraction of sp³-hybridized carbons (Fsp3) is 0.136. The van der Waals surface area contributed by atoms with Crippen molar-refractivity contribution in [1.82, 2.24) is 0 Å². The Morgan fingerprint density at radius 2 is 1.72 bits per heavy atom. The number of hydrazone groups is 1. The van der Waals surface area contributed by atoms with E-state index in [0.717, 1.165) is 27.2 Å². The number of aryl methyl sites for hydroxylation is 2. The fourth-order valence-electron chi connectivity index (χ4n) is 3.12. The fourth-order valence-corrected chi connectivity index (χ4v) is 3.49. The second-order valence-electron chi connectivity index (χ2n) is 7.05. The largest absolute Gasteiger partial charge is 0.488 e. The zero-order valence-corrected chi connectivity index (χ0v) is 18.8. The molecule has 0 spiro atoms. The van der Waals surface area contributed by atoms with Crippen LogP contribution in [0.5, 0.6) is 5.75 Å². The number of anilines is 1. The lowest BCUT2D eigenvalue weighted by molar-refractivity contribution is -0.393. The molecular weight excluding hydrogens is 480 g/mol. The van der Waals surface area contributed by atoms with E-state index in [2.05, 4.69) is 44.7 Å². The molecule has 0 radical (unpaired) electrons. The third kappa shape index (κ3) is 5.88. The maximum absolute atomic E-state index is 11.3. The number of nitro groups is 2. The van der Waals surface area contributed by atoms with E-state index >= 15 is 0 Å². The highest BCUT2D eigenvalue weighted by molar-refractivity contribution is 9.10. The molecule has 3 rings (SSSR count). The van der Waals surface area contributed by atoms with E-state index in [1.54, 1.807) is 12.1 Å². The number of benzene rings is 3. The summed E-state index contributed by atoms with van der Waals surface area (Å²) in [7, 11) is 0. The highest BCUT2D eigenvalue weighted by Crippen LogP contribution is 2.29. The topological polar surface area (TPSA) is 120 Å². The first-order chi connectivity index (χ1) is 15.2. The summed E-state index contributed by atoms with van der Waals surface area (Å²) < 4.78 is 6.78. The predicted molar refractivity (Wildman–Crippen MR) is 125 cm³/mol. The molecule has 0 aliphatic carbocycles. The predicted octanol–water partition coefficient (Wildman–Crippen LogP) is 5.91. The van der Waals surface area contributed by atoms with E-state index in [0.29, 0.717) is 17.9 Å². The molecule has 0 aromatic heterocycles. The zero-order valence-electron chi connectivity index (χ0n) is 17.2. The molecule has 3 aromatic carbocycles. The van der Waals surface area contributed by atoms with E-state index < -0.39 is 15.5 Å². The van der Waals surface area contributed by atoms with Crippen LogP contribution >= 0.6 is 15.9 Å². The SMILES string of the molecule is Cc1cc(C)cc(COc2ccc(Br)cc2/C=N/Nc2ccc([N+](=O)[O-])cc2[N+](=O)[O-])c1. The summed E-state index contributed by atoms with van der Waals surface area (Å²) >= 11 is 3.41. The Bertz CT molecular complexity index is 1190. The molecule has 0 aliphatic rings. The first-order valence-corrected chi connectivity index (χ1v) is 10.2. The summed E-state index contributed by atoms with van der Waals surface area (Å²) in [5.41, 5.74) is 5.76. The Hall–Kier alpha value is -3.79. The van der Waals surface area contributed by atoms with E-state index in [4.69, 9.17) is 4.74 Å². The number of hydrogen-bond donors (Lipinski definition) is 1. The van der Waals surface area contributed by atoms with Gasteiger partial charge in [-0.2, -0.15) is 5.10 Å². The minimum Gasteiger partial charge on any atom is -0.488 e. The Morgan fingerprint density at radius 3 is 2.38 bits per heavy atom. The number of nitrogens with one attached hydrogen (secondary N) is 1. The summed E-state index contributed by atoms with van der Waals surface area (Å²) in [5.74, 6) is 0.580. The molecule has 9 nitrogen and oxygen atoms in total. The van der Waals surface area contributed by atoms with Crippen LogP contribution in [-0.4, -0.2) is 16.1 Å². The molecule has 10 heteroatoms. The quantitative estimate of drug-likeness (QED) is 0.234. The molecule has 1 N–H and O–H groups in total. The Balaban J connectivity index is 1.79. The third-order valence-corrected chi connectivity index (χ3v) is 4.92. The summed E-state index contributed by atoms with van der Waals surface area (Å²) in [6, 6.07) is 14.9. The maximum Gasteiger partial charge on any atom is 0.301 e. The summed E-state index contributed by atoms with van der Waals surface area (Å²) in [4.78, 5) is 20.7. The highest BCUT2D eigenvalue weighted by Gasteiger charge is 2.19.